The van der Waals surface area contributed by atoms with Gasteiger partial charge < -0.3 is 9.84 Å². The zero-order chi connectivity index (χ0) is 21.8. The third kappa shape index (κ3) is 5.63. The minimum Gasteiger partial charge on any atom is -0.502 e. The molecule has 0 aliphatic carbocycles. The number of phenolic OH excluding ortho intramolecular Hbond substituents is 1. The number of nitrogens with one attached hydrogen (secondary N) is 2. The van der Waals surface area contributed by atoms with Crippen molar-refractivity contribution in [2.75, 3.05) is 18.4 Å². The summed E-state index contributed by atoms with van der Waals surface area (Å²) in [6, 6.07) is 7.05. The molecule has 1 unspecified atom stereocenters. The van der Waals surface area contributed by atoms with E-state index in [1.165, 1.54) is 31.4 Å². The van der Waals surface area contributed by atoms with E-state index in [2.05, 4.69) is 9.44 Å². The number of hydrogen-bond donors (Lipinski definition) is 3. The van der Waals surface area contributed by atoms with Crippen molar-refractivity contribution in [2.45, 2.75) is 22.8 Å². The zero-order valence-corrected chi connectivity index (χ0v) is 17.0. The fourth-order valence-electron chi connectivity index (χ4n) is 2.35. The molecular weight excluding hydrogens is 426 g/mol. The fraction of sp³-hybridized carbons (Fsp3) is 0.250. The van der Waals surface area contributed by atoms with Crippen molar-refractivity contribution in [3.05, 3.63) is 52.6 Å². The Balaban J connectivity index is 2.23. The Morgan fingerprint density at radius 3 is 2.21 bits per heavy atom. The quantitative estimate of drug-likeness (QED) is 0.385. The molecule has 2 aromatic carbocycles. The Morgan fingerprint density at radius 1 is 1.07 bits per heavy atom. The van der Waals surface area contributed by atoms with Gasteiger partial charge in [-0.25, -0.2) is 21.6 Å². The summed E-state index contributed by atoms with van der Waals surface area (Å²) in [4.78, 5) is 9.44. The summed E-state index contributed by atoms with van der Waals surface area (Å²) in [6.45, 7) is 1.80. The van der Waals surface area contributed by atoms with Crippen LogP contribution in [0.3, 0.4) is 0 Å². The second kappa shape index (κ2) is 8.73. The van der Waals surface area contributed by atoms with Gasteiger partial charge >= 0.3 is 5.69 Å². The van der Waals surface area contributed by atoms with Gasteiger partial charge in [0.15, 0.2) is 5.75 Å². The summed E-state index contributed by atoms with van der Waals surface area (Å²) < 4.78 is 58.9. The highest BCUT2D eigenvalue weighted by molar-refractivity contribution is 7.92. The van der Waals surface area contributed by atoms with Crippen LogP contribution >= 0.6 is 0 Å². The molecule has 1 atom stereocenters. The first-order valence-electron chi connectivity index (χ1n) is 8.08. The fourth-order valence-corrected chi connectivity index (χ4v) is 4.66. The van der Waals surface area contributed by atoms with E-state index in [-0.39, 0.29) is 17.2 Å². The third-order valence-corrected chi connectivity index (χ3v) is 6.63. The molecule has 29 heavy (non-hydrogen) atoms. The molecule has 0 spiro atoms. The van der Waals surface area contributed by atoms with Crippen molar-refractivity contribution in [1.82, 2.24) is 4.72 Å². The standard InChI is InChI=1S/C16H19N3O8S2/c1-11(10-27-2)17-28(23,24)13-5-3-12(4-6-13)18-29(25,26)14-7-8-16(20)15(9-14)19(21)22/h3-9,11,17-18,20H,10H2,1-2H3. The van der Waals surface area contributed by atoms with E-state index in [1.54, 1.807) is 6.92 Å². The number of nitro benzene ring substituents is 1. The van der Waals surface area contributed by atoms with Crippen molar-refractivity contribution in [1.29, 1.82) is 0 Å². The monoisotopic (exact) mass is 445 g/mol. The Kier molecular flexibility index (Phi) is 6.79. The highest BCUT2D eigenvalue weighted by atomic mass is 32.2. The maximum Gasteiger partial charge on any atom is 0.312 e. The summed E-state index contributed by atoms with van der Waals surface area (Å²) in [5.41, 5.74) is -0.713. The molecule has 2 aromatic rings. The number of aromatic hydroxyl groups is 1. The van der Waals surface area contributed by atoms with Crippen LogP contribution < -0.4 is 9.44 Å². The predicted octanol–water partition coefficient (Wildman–Crippen LogP) is 1.41. The van der Waals surface area contributed by atoms with E-state index in [4.69, 9.17) is 4.74 Å². The van der Waals surface area contributed by atoms with E-state index in [1.807, 2.05) is 0 Å². The van der Waals surface area contributed by atoms with Gasteiger partial charge in [0, 0.05) is 24.9 Å². The van der Waals surface area contributed by atoms with Gasteiger partial charge in [-0.3, -0.25) is 14.8 Å². The molecule has 0 aromatic heterocycles. The maximum atomic E-state index is 12.4. The largest absolute Gasteiger partial charge is 0.502 e. The number of phenols is 1. The van der Waals surface area contributed by atoms with E-state index in [9.17, 15) is 32.1 Å². The first-order chi connectivity index (χ1) is 13.5. The molecule has 0 saturated carbocycles. The minimum atomic E-state index is -4.21. The smallest absolute Gasteiger partial charge is 0.312 e. The summed E-state index contributed by atoms with van der Waals surface area (Å²) in [5.74, 6) is -0.668. The lowest BCUT2D eigenvalue weighted by Crippen LogP contribution is -2.35. The van der Waals surface area contributed by atoms with Crippen molar-refractivity contribution < 1.29 is 31.6 Å². The van der Waals surface area contributed by atoms with Gasteiger partial charge in [-0.05, 0) is 43.3 Å². The second-order valence-electron chi connectivity index (χ2n) is 6.02. The molecule has 0 fully saturated rings. The van der Waals surface area contributed by atoms with Crippen LogP contribution in [0.25, 0.3) is 0 Å². The van der Waals surface area contributed by atoms with Crippen LogP contribution in [-0.4, -0.2) is 46.6 Å². The Bertz CT molecular complexity index is 1100. The number of nitro groups is 1. The molecule has 11 nitrogen and oxygen atoms in total. The average Bonchev–Trinajstić information content (AvgIpc) is 2.61. The average molecular weight is 445 g/mol. The zero-order valence-electron chi connectivity index (χ0n) is 15.4. The first-order valence-corrected chi connectivity index (χ1v) is 11.0. The van der Waals surface area contributed by atoms with Crippen LogP contribution in [0.5, 0.6) is 5.75 Å². The lowest BCUT2D eigenvalue weighted by atomic mass is 10.3. The number of methoxy groups -OCH3 is 1. The van der Waals surface area contributed by atoms with Gasteiger partial charge in [0.25, 0.3) is 10.0 Å². The number of sulfonamides is 2. The maximum absolute atomic E-state index is 12.4. The van der Waals surface area contributed by atoms with E-state index >= 15 is 0 Å². The Labute approximate surface area is 167 Å². The molecular formula is C16H19N3O8S2. The molecule has 3 N–H and O–H groups in total. The summed E-state index contributed by atoms with van der Waals surface area (Å²) in [5, 5.41) is 20.3. The van der Waals surface area contributed by atoms with Crippen molar-refractivity contribution in [2.24, 2.45) is 0 Å². The number of anilines is 1. The van der Waals surface area contributed by atoms with Crippen molar-refractivity contribution in [3.8, 4) is 5.75 Å². The van der Waals surface area contributed by atoms with E-state index in [0.29, 0.717) is 0 Å². The third-order valence-electron chi connectivity index (χ3n) is 3.64. The molecule has 0 aliphatic heterocycles. The highest BCUT2D eigenvalue weighted by Gasteiger charge is 2.22. The molecule has 13 heteroatoms. The lowest BCUT2D eigenvalue weighted by Gasteiger charge is -2.14. The molecule has 0 saturated heterocycles. The molecule has 2 rings (SSSR count). The number of benzene rings is 2. The normalized spacial score (nSPS) is 13.0. The van der Waals surface area contributed by atoms with Crippen LogP contribution in [0.1, 0.15) is 6.92 Å². The van der Waals surface area contributed by atoms with Crippen molar-refractivity contribution >= 4 is 31.4 Å². The van der Waals surface area contributed by atoms with Crippen LogP contribution in [0.4, 0.5) is 11.4 Å². The Hall–Kier alpha value is -2.74. The van der Waals surface area contributed by atoms with Crippen LogP contribution in [0, 0.1) is 10.1 Å². The molecule has 0 aliphatic rings. The molecule has 0 radical (unpaired) electrons. The first kappa shape index (κ1) is 22.5. The summed E-state index contributed by atoms with van der Waals surface area (Å²) >= 11 is 0. The number of hydrogen-bond acceptors (Lipinski definition) is 8. The van der Waals surface area contributed by atoms with Gasteiger partial charge in [0.2, 0.25) is 10.0 Å². The summed E-state index contributed by atoms with van der Waals surface area (Å²) in [7, 11) is -6.59. The summed E-state index contributed by atoms with van der Waals surface area (Å²) in [6.07, 6.45) is 0. The van der Waals surface area contributed by atoms with E-state index < -0.39 is 47.3 Å². The van der Waals surface area contributed by atoms with Crippen LogP contribution in [0.2, 0.25) is 0 Å². The van der Waals surface area contributed by atoms with Crippen molar-refractivity contribution in [3.63, 3.8) is 0 Å². The van der Waals surface area contributed by atoms with Gasteiger partial charge in [0.1, 0.15) is 0 Å². The van der Waals surface area contributed by atoms with Gasteiger partial charge in [-0.15, -0.1) is 0 Å². The van der Waals surface area contributed by atoms with Crippen LogP contribution in [0.15, 0.2) is 52.3 Å². The number of rotatable bonds is 9. The van der Waals surface area contributed by atoms with E-state index in [0.717, 1.165) is 18.2 Å². The Morgan fingerprint density at radius 2 is 1.66 bits per heavy atom. The molecule has 0 amide bonds. The van der Waals surface area contributed by atoms with Gasteiger partial charge in [0.05, 0.1) is 21.3 Å². The molecule has 158 valence electrons. The van der Waals surface area contributed by atoms with Gasteiger partial charge in [-0.1, -0.05) is 0 Å². The molecule has 0 heterocycles. The number of nitrogens with zero attached hydrogens (tertiary/aromatic N) is 1. The lowest BCUT2D eigenvalue weighted by molar-refractivity contribution is -0.386. The molecule has 0 bridgehead atoms. The van der Waals surface area contributed by atoms with Crippen LogP contribution in [-0.2, 0) is 24.8 Å². The highest BCUT2D eigenvalue weighted by Crippen LogP contribution is 2.29. The SMILES string of the molecule is COCC(C)NS(=O)(=O)c1ccc(NS(=O)(=O)c2ccc(O)c([N+](=O)[O-])c2)cc1. The number of ether oxygens (including phenoxy) is 1. The minimum absolute atomic E-state index is 0.0459. The van der Waals surface area contributed by atoms with Gasteiger partial charge in [-0.2, -0.15) is 0 Å². The second-order valence-corrected chi connectivity index (χ2v) is 9.41. The predicted molar refractivity (Wildman–Crippen MR) is 104 cm³/mol. The topological polar surface area (TPSA) is 165 Å².